The molecule has 0 bridgehead atoms. The predicted octanol–water partition coefficient (Wildman–Crippen LogP) is 3.18. The highest BCUT2D eigenvalue weighted by molar-refractivity contribution is 8.02. The number of fused-ring (bicyclic) bond motifs is 1. The highest BCUT2D eigenvalue weighted by Crippen LogP contribution is 2.49. The van der Waals surface area contributed by atoms with Crippen molar-refractivity contribution < 1.29 is 14.0 Å². The molecule has 1 unspecified atom stereocenters. The molecule has 0 aliphatic carbocycles. The molecule has 1 aliphatic rings. The van der Waals surface area contributed by atoms with Crippen LogP contribution in [0, 0.1) is 0 Å². The monoisotopic (exact) mass is 250 g/mol. The minimum Gasteiger partial charge on any atom is -0.468 e. The van der Waals surface area contributed by atoms with Gasteiger partial charge in [-0.25, -0.2) is 0 Å². The molecule has 1 aliphatic heterocycles. The largest absolute Gasteiger partial charge is 0.468 e. The van der Waals surface area contributed by atoms with Crippen molar-refractivity contribution in [1.29, 1.82) is 0 Å². The predicted molar refractivity (Wildman–Crippen MR) is 61.3 cm³/mol. The van der Waals surface area contributed by atoms with Gasteiger partial charge in [0.25, 0.3) is 0 Å². The second kappa shape index (κ2) is 3.61. The van der Waals surface area contributed by atoms with E-state index in [9.17, 15) is 9.59 Å². The first-order valence-corrected chi connectivity index (χ1v) is 6.32. The van der Waals surface area contributed by atoms with E-state index in [-0.39, 0.29) is 11.0 Å². The summed E-state index contributed by atoms with van der Waals surface area (Å²) in [6.45, 7) is 0. The van der Waals surface area contributed by atoms with Crippen molar-refractivity contribution in [1.82, 2.24) is 0 Å². The molecule has 3 rings (SSSR count). The van der Waals surface area contributed by atoms with Gasteiger partial charge in [0.05, 0.1) is 15.3 Å². The van der Waals surface area contributed by atoms with Gasteiger partial charge in [-0.2, -0.15) is 0 Å². The molecule has 0 N–H and O–H groups in total. The van der Waals surface area contributed by atoms with Gasteiger partial charge in [-0.1, -0.05) is 11.8 Å². The number of hydrogen-bond donors (Lipinski definition) is 0. The first-order chi connectivity index (χ1) is 7.79. The average molecular weight is 250 g/mol. The number of thiophene rings is 1. The second-order valence-electron chi connectivity index (χ2n) is 3.35. The van der Waals surface area contributed by atoms with Crippen LogP contribution in [-0.4, -0.2) is 12.1 Å². The van der Waals surface area contributed by atoms with Crippen molar-refractivity contribution in [2.75, 3.05) is 0 Å². The van der Waals surface area contributed by atoms with Crippen LogP contribution in [0.15, 0.2) is 33.1 Å². The zero-order valence-corrected chi connectivity index (χ0v) is 9.64. The highest BCUT2D eigenvalue weighted by Gasteiger charge is 2.36. The van der Waals surface area contributed by atoms with Crippen LogP contribution in [0.25, 0.3) is 0 Å². The molecule has 0 saturated carbocycles. The third-order valence-electron chi connectivity index (χ3n) is 2.36. The third kappa shape index (κ3) is 1.36. The summed E-state index contributed by atoms with van der Waals surface area (Å²) in [6, 6.07) is 5.23. The number of rotatable bonds is 2. The Balaban J connectivity index is 1.99. The van der Waals surface area contributed by atoms with E-state index in [1.165, 1.54) is 23.1 Å². The Hall–Kier alpha value is -1.33. The molecule has 0 saturated heterocycles. The summed E-state index contributed by atoms with van der Waals surface area (Å²) >= 11 is 2.81. The molecule has 3 heterocycles. The third-order valence-corrected chi connectivity index (χ3v) is 4.87. The number of furan rings is 1. The van der Waals surface area contributed by atoms with Crippen LogP contribution in [0.2, 0.25) is 0 Å². The molecule has 3 nitrogen and oxygen atoms in total. The van der Waals surface area contributed by atoms with Crippen molar-refractivity contribution in [3.63, 3.8) is 0 Å². The van der Waals surface area contributed by atoms with Gasteiger partial charge in [0.2, 0.25) is 0 Å². The number of hydrogen-bond acceptors (Lipinski definition) is 5. The van der Waals surface area contributed by atoms with E-state index in [0.29, 0.717) is 16.2 Å². The molecule has 0 amide bonds. The van der Waals surface area contributed by atoms with Crippen molar-refractivity contribution >= 4 is 35.2 Å². The summed E-state index contributed by atoms with van der Waals surface area (Å²) in [5.74, 6) is 0.699. The molecule has 0 fully saturated rings. The van der Waals surface area contributed by atoms with Gasteiger partial charge >= 0.3 is 0 Å². The summed E-state index contributed by atoms with van der Waals surface area (Å²) in [5.41, 5.74) is 0.651. The number of Topliss-reactive ketones (excluding diaryl/α,β-unsaturated/α-hetero) is 1. The normalized spacial score (nSPS) is 18.8. The summed E-state index contributed by atoms with van der Waals surface area (Å²) in [6.07, 6.45) is 2.34. The first-order valence-electron chi connectivity index (χ1n) is 4.63. The Labute approximate surface area is 99.5 Å². The standard InChI is InChI=1S/C11H6O3S2/c12-5-6-4-7-9(13)10(16-11(7)15-6)8-2-1-3-14-8/h1-5,10H. The quantitative estimate of drug-likeness (QED) is 0.768. The van der Waals surface area contributed by atoms with E-state index in [1.54, 1.807) is 24.5 Å². The van der Waals surface area contributed by atoms with Crippen LogP contribution in [0.5, 0.6) is 0 Å². The maximum absolute atomic E-state index is 12.0. The molecule has 5 heteroatoms. The van der Waals surface area contributed by atoms with Gasteiger partial charge in [-0.05, 0) is 18.2 Å². The molecule has 2 aromatic rings. The number of carbonyl (C=O) groups excluding carboxylic acids is 2. The smallest absolute Gasteiger partial charge is 0.185 e. The van der Waals surface area contributed by atoms with E-state index in [4.69, 9.17) is 4.42 Å². The van der Waals surface area contributed by atoms with E-state index in [0.717, 1.165) is 10.5 Å². The molecule has 1 atom stereocenters. The van der Waals surface area contributed by atoms with Gasteiger partial charge in [-0.3, -0.25) is 9.59 Å². The van der Waals surface area contributed by atoms with E-state index in [2.05, 4.69) is 0 Å². The number of ketones is 1. The van der Waals surface area contributed by atoms with Gasteiger partial charge in [0, 0.05) is 5.56 Å². The van der Waals surface area contributed by atoms with Crippen molar-refractivity contribution in [3.05, 3.63) is 40.7 Å². The van der Waals surface area contributed by atoms with E-state index in [1.807, 2.05) is 0 Å². The highest BCUT2D eigenvalue weighted by atomic mass is 32.2. The zero-order valence-electron chi connectivity index (χ0n) is 8.01. The van der Waals surface area contributed by atoms with Crippen LogP contribution in [-0.2, 0) is 0 Å². The van der Waals surface area contributed by atoms with Crippen LogP contribution >= 0.6 is 23.1 Å². The molecule has 0 radical (unpaired) electrons. The van der Waals surface area contributed by atoms with Gasteiger partial charge < -0.3 is 4.42 Å². The molecule has 16 heavy (non-hydrogen) atoms. The number of thioether (sulfide) groups is 1. The molecule has 0 spiro atoms. The summed E-state index contributed by atoms with van der Waals surface area (Å²) in [7, 11) is 0. The Morgan fingerprint density at radius 2 is 2.31 bits per heavy atom. The van der Waals surface area contributed by atoms with Crippen molar-refractivity contribution in [2.45, 2.75) is 9.46 Å². The lowest BCUT2D eigenvalue weighted by molar-refractivity contribution is 0.0986. The minimum atomic E-state index is -0.281. The fourth-order valence-electron chi connectivity index (χ4n) is 1.64. The Kier molecular flexibility index (Phi) is 2.22. The maximum Gasteiger partial charge on any atom is 0.185 e. The van der Waals surface area contributed by atoms with Crippen LogP contribution in [0.4, 0.5) is 0 Å². The van der Waals surface area contributed by atoms with Gasteiger partial charge in [0.1, 0.15) is 11.0 Å². The molecule has 0 aromatic carbocycles. The lowest BCUT2D eigenvalue weighted by Gasteiger charge is -2.02. The number of carbonyl (C=O) groups is 2. The Bertz CT molecular complexity index is 554. The summed E-state index contributed by atoms with van der Waals surface area (Å²) in [5, 5.41) is -0.281. The fraction of sp³-hybridized carbons (Fsp3) is 0.0909. The molecular weight excluding hydrogens is 244 g/mol. The Morgan fingerprint density at radius 3 is 2.94 bits per heavy atom. The average Bonchev–Trinajstić information content (AvgIpc) is 2.96. The topological polar surface area (TPSA) is 47.3 Å². The first kappa shape index (κ1) is 9.86. The maximum atomic E-state index is 12.0. The van der Waals surface area contributed by atoms with Gasteiger partial charge in [-0.15, -0.1) is 11.3 Å². The summed E-state index contributed by atoms with van der Waals surface area (Å²) in [4.78, 5) is 23.2. The lowest BCUT2D eigenvalue weighted by Crippen LogP contribution is -2.02. The van der Waals surface area contributed by atoms with E-state index >= 15 is 0 Å². The number of aldehydes is 1. The van der Waals surface area contributed by atoms with Crippen LogP contribution in [0.1, 0.15) is 31.0 Å². The van der Waals surface area contributed by atoms with Gasteiger partial charge in [0.15, 0.2) is 12.1 Å². The SMILES string of the molecule is O=Cc1cc2c(s1)SC(c1ccco1)C2=O. The second-order valence-corrected chi connectivity index (χ2v) is 5.80. The van der Waals surface area contributed by atoms with E-state index < -0.39 is 0 Å². The van der Waals surface area contributed by atoms with Crippen LogP contribution < -0.4 is 0 Å². The van der Waals surface area contributed by atoms with Crippen molar-refractivity contribution in [3.8, 4) is 0 Å². The lowest BCUT2D eigenvalue weighted by atomic mass is 10.1. The molecule has 80 valence electrons. The fourth-order valence-corrected chi connectivity index (χ4v) is 4.10. The Morgan fingerprint density at radius 1 is 1.44 bits per heavy atom. The molecular formula is C11H6O3S2. The van der Waals surface area contributed by atoms with Crippen LogP contribution in [0.3, 0.4) is 0 Å². The minimum absolute atomic E-state index is 0.0271. The zero-order chi connectivity index (χ0) is 11.1. The summed E-state index contributed by atoms with van der Waals surface area (Å²) < 4.78 is 6.15. The molecule has 2 aromatic heterocycles. The van der Waals surface area contributed by atoms with Crippen molar-refractivity contribution in [2.24, 2.45) is 0 Å².